The molecule has 0 saturated heterocycles. The van der Waals surface area contributed by atoms with Crippen LogP contribution in [0.4, 0.5) is 4.79 Å². The number of hydrogen-bond acceptors (Lipinski definition) is 5. The molecule has 2 atom stereocenters. The highest BCUT2D eigenvalue weighted by molar-refractivity contribution is 7.09. The summed E-state index contributed by atoms with van der Waals surface area (Å²) >= 11 is 1.70. The summed E-state index contributed by atoms with van der Waals surface area (Å²) in [5.41, 5.74) is 0.968. The number of quaternary nitrogens is 1. The zero-order chi connectivity index (χ0) is 19.2. The van der Waals surface area contributed by atoms with Crippen molar-refractivity contribution in [2.75, 3.05) is 19.7 Å². The lowest BCUT2D eigenvalue weighted by Crippen LogP contribution is -3.10. The first kappa shape index (κ1) is 19.2. The second kappa shape index (κ2) is 8.88. The van der Waals surface area contributed by atoms with Crippen LogP contribution < -0.4 is 15.5 Å². The summed E-state index contributed by atoms with van der Waals surface area (Å²) in [6, 6.07) is 6.56. The maximum absolute atomic E-state index is 12.7. The van der Waals surface area contributed by atoms with Crippen molar-refractivity contribution in [3.05, 3.63) is 57.8 Å². The highest BCUT2D eigenvalue weighted by Crippen LogP contribution is 2.27. The quantitative estimate of drug-likeness (QED) is 0.598. The van der Waals surface area contributed by atoms with Gasteiger partial charge < -0.3 is 24.7 Å². The number of hydrogen-bond donors (Lipinski definition) is 3. The van der Waals surface area contributed by atoms with Gasteiger partial charge in [-0.3, -0.25) is 0 Å². The van der Waals surface area contributed by atoms with E-state index in [0.29, 0.717) is 23.6 Å². The molecule has 2 amide bonds. The van der Waals surface area contributed by atoms with Crippen LogP contribution >= 0.6 is 11.3 Å². The Morgan fingerprint density at radius 3 is 2.78 bits per heavy atom. The average molecular weight is 390 g/mol. The zero-order valence-corrected chi connectivity index (χ0v) is 16.2. The molecule has 0 fully saturated rings. The number of likely N-dealkylation sites (N-methyl/N-ethyl adjacent to an activating group) is 1. The maximum Gasteiger partial charge on any atom is 0.338 e. The Balaban J connectivity index is 1.93. The van der Waals surface area contributed by atoms with Crippen LogP contribution in [0.25, 0.3) is 0 Å². The minimum absolute atomic E-state index is 0.258. The topological polar surface area (TPSA) is 85.0 Å². The van der Waals surface area contributed by atoms with E-state index in [1.54, 1.807) is 30.4 Å². The Bertz CT molecular complexity index is 799. The minimum atomic E-state index is -0.664. The van der Waals surface area contributed by atoms with Gasteiger partial charge in [-0.05, 0) is 37.4 Å². The molecule has 3 N–H and O–H groups in total. The number of esters is 1. The number of thiophene rings is 1. The fourth-order valence-corrected chi connectivity index (χ4v) is 3.87. The van der Waals surface area contributed by atoms with E-state index in [1.807, 2.05) is 11.4 Å². The lowest BCUT2D eigenvalue weighted by atomic mass is 10.00. The number of furan rings is 1. The number of carbonyl (C=O) groups is 2. The Hall–Kier alpha value is -2.58. The third-order valence-electron chi connectivity index (χ3n) is 4.41. The van der Waals surface area contributed by atoms with Crippen molar-refractivity contribution < 1.29 is 23.6 Å². The van der Waals surface area contributed by atoms with E-state index < -0.39 is 12.0 Å². The van der Waals surface area contributed by atoms with Gasteiger partial charge in [-0.25, -0.2) is 9.59 Å². The maximum atomic E-state index is 12.7. The van der Waals surface area contributed by atoms with Crippen molar-refractivity contribution in [1.82, 2.24) is 10.6 Å². The summed E-state index contributed by atoms with van der Waals surface area (Å²) in [4.78, 5) is 27.4. The molecule has 0 saturated carbocycles. The largest absolute Gasteiger partial charge is 0.467 e. The third kappa shape index (κ3) is 4.58. The lowest BCUT2D eigenvalue weighted by molar-refractivity contribution is -0.907. The highest BCUT2D eigenvalue weighted by atomic mass is 32.1. The predicted octanol–water partition coefficient (Wildman–Crippen LogP) is 1.62. The molecule has 3 heterocycles. The lowest BCUT2D eigenvalue weighted by Gasteiger charge is -2.29. The number of ether oxygens (including phenoxy) is 1. The van der Waals surface area contributed by atoms with E-state index in [0.717, 1.165) is 13.1 Å². The zero-order valence-electron chi connectivity index (χ0n) is 15.4. The van der Waals surface area contributed by atoms with Crippen molar-refractivity contribution in [3.8, 4) is 0 Å². The van der Waals surface area contributed by atoms with Crippen LogP contribution in [0.2, 0.25) is 0 Å². The van der Waals surface area contributed by atoms with Gasteiger partial charge in [0.05, 0.1) is 35.6 Å². The molecule has 1 aliphatic rings. The number of urea groups is 1. The molecule has 2 aromatic rings. The molecule has 27 heavy (non-hydrogen) atoms. The molecule has 8 heteroatoms. The molecule has 144 valence electrons. The highest BCUT2D eigenvalue weighted by Gasteiger charge is 2.36. The fraction of sp³-hybridized carbons (Fsp3) is 0.368. The van der Waals surface area contributed by atoms with Gasteiger partial charge in [0, 0.05) is 0 Å². The van der Waals surface area contributed by atoms with E-state index in [1.165, 1.54) is 16.0 Å². The third-order valence-corrected chi connectivity index (χ3v) is 5.28. The normalized spacial score (nSPS) is 18.0. The second-order valence-corrected chi connectivity index (χ2v) is 7.23. The van der Waals surface area contributed by atoms with Gasteiger partial charge in [0.1, 0.15) is 24.9 Å². The molecule has 0 bridgehead atoms. The molecule has 7 nitrogen and oxygen atoms in total. The molecule has 0 aromatic carbocycles. The standard InChI is InChI=1S/C19H23N3O4S/c1-3-22(11-13-7-6-10-27-13)12-14-16(18(23)25-4-2)17(21-19(24)20-14)15-8-5-9-26-15/h5-10,17H,3-4,11-12H2,1-2H3,(H2,20,21,24)/p+1/t17-/m0/s1. The van der Waals surface area contributed by atoms with E-state index in [9.17, 15) is 9.59 Å². The molecule has 3 rings (SSSR count). The smallest absolute Gasteiger partial charge is 0.338 e. The molecular weight excluding hydrogens is 366 g/mol. The van der Waals surface area contributed by atoms with Crippen molar-refractivity contribution in [2.45, 2.75) is 26.4 Å². The van der Waals surface area contributed by atoms with Gasteiger partial charge in [0.2, 0.25) is 0 Å². The van der Waals surface area contributed by atoms with Gasteiger partial charge in [-0.15, -0.1) is 11.3 Å². The van der Waals surface area contributed by atoms with Gasteiger partial charge in [-0.2, -0.15) is 0 Å². The monoisotopic (exact) mass is 390 g/mol. The molecule has 2 aromatic heterocycles. The Kier molecular flexibility index (Phi) is 6.31. The first-order valence-corrected chi connectivity index (χ1v) is 9.87. The number of carbonyl (C=O) groups excluding carboxylic acids is 2. The van der Waals surface area contributed by atoms with Crippen LogP contribution in [0, 0.1) is 0 Å². The molecule has 1 unspecified atom stereocenters. The van der Waals surface area contributed by atoms with Gasteiger partial charge in [0.15, 0.2) is 0 Å². The SMILES string of the molecule is CCOC(=O)C1=C(C[NH+](CC)Cc2cccs2)NC(=O)N[C@H]1c1ccco1. The molecule has 1 aliphatic heterocycles. The molecule has 0 spiro atoms. The van der Waals surface area contributed by atoms with E-state index in [-0.39, 0.29) is 12.6 Å². The number of amides is 2. The Morgan fingerprint density at radius 2 is 2.15 bits per heavy atom. The van der Waals surface area contributed by atoms with Gasteiger partial charge >= 0.3 is 12.0 Å². The summed E-state index contributed by atoms with van der Waals surface area (Å²) in [7, 11) is 0. The van der Waals surface area contributed by atoms with Crippen molar-refractivity contribution in [1.29, 1.82) is 0 Å². The minimum Gasteiger partial charge on any atom is -0.467 e. The van der Waals surface area contributed by atoms with Crippen LogP contribution in [-0.4, -0.2) is 31.7 Å². The Morgan fingerprint density at radius 1 is 1.30 bits per heavy atom. The number of rotatable bonds is 8. The molecule has 0 radical (unpaired) electrons. The van der Waals surface area contributed by atoms with Crippen LogP contribution in [-0.2, 0) is 16.1 Å². The predicted molar refractivity (Wildman–Crippen MR) is 101 cm³/mol. The summed E-state index contributed by atoms with van der Waals surface area (Å²) in [6.45, 7) is 6.28. The van der Waals surface area contributed by atoms with Crippen molar-refractivity contribution >= 4 is 23.3 Å². The van der Waals surface area contributed by atoms with Crippen LogP contribution in [0.5, 0.6) is 0 Å². The van der Waals surface area contributed by atoms with Gasteiger partial charge in [-0.1, -0.05) is 6.07 Å². The summed E-state index contributed by atoms with van der Waals surface area (Å²) in [5.74, 6) is 0.0506. The summed E-state index contributed by atoms with van der Waals surface area (Å²) in [5, 5.41) is 7.62. The Labute approximate surface area is 162 Å². The first-order valence-electron chi connectivity index (χ1n) is 8.99. The average Bonchev–Trinajstić information content (AvgIpc) is 3.34. The van der Waals surface area contributed by atoms with Crippen LogP contribution in [0.1, 0.15) is 30.5 Å². The molecular formula is C19H24N3O4S+. The first-order chi connectivity index (χ1) is 13.1. The van der Waals surface area contributed by atoms with Crippen molar-refractivity contribution in [2.24, 2.45) is 0 Å². The number of nitrogens with one attached hydrogen (secondary N) is 3. The second-order valence-electron chi connectivity index (χ2n) is 6.20. The summed E-state index contributed by atoms with van der Waals surface area (Å²) in [6.07, 6.45) is 1.52. The van der Waals surface area contributed by atoms with E-state index in [2.05, 4.69) is 23.6 Å². The molecule has 0 aliphatic carbocycles. The van der Waals surface area contributed by atoms with Crippen molar-refractivity contribution in [3.63, 3.8) is 0 Å². The van der Waals surface area contributed by atoms with Crippen LogP contribution in [0.15, 0.2) is 51.6 Å². The van der Waals surface area contributed by atoms with E-state index in [4.69, 9.17) is 9.15 Å². The fourth-order valence-electron chi connectivity index (χ4n) is 3.10. The van der Waals surface area contributed by atoms with E-state index >= 15 is 0 Å². The summed E-state index contributed by atoms with van der Waals surface area (Å²) < 4.78 is 10.7. The van der Waals surface area contributed by atoms with Crippen LogP contribution in [0.3, 0.4) is 0 Å². The van der Waals surface area contributed by atoms with Gasteiger partial charge in [0.25, 0.3) is 0 Å².